The highest BCUT2D eigenvalue weighted by Crippen LogP contribution is 2.37. The van der Waals surface area contributed by atoms with Gasteiger partial charge in [0.1, 0.15) is 5.00 Å². The molecule has 6 nitrogen and oxygen atoms in total. The van der Waals surface area contributed by atoms with E-state index in [0.717, 1.165) is 42.5 Å². The van der Waals surface area contributed by atoms with E-state index in [1.54, 1.807) is 4.90 Å². The Labute approximate surface area is 145 Å². The Morgan fingerprint density at radius 3 is 2.71 bits per heavy atom. The molecule has 2 aliphatic rings. The highest BCUT2D eigenvalue weighted by Gasteiger charge is 2.34. The molecule has 2 heterocycles. The number of nitrogens with two attached hydrogens (primary N) is 1. The molecule has 0 aromatic carbocycles. The molecule has 7 heteroatoms. The molecule has 0 spiro atoms. The second-order valence-electron chi connectivity index (χ2n) is 6.46. The molecule has 3 rings (SSSR count). The van der Waals surface area contributed by atoms with E-state index in [1.165, 1.54) is 11.3 Å². The summed E-state index contributed by atoms with van der Waals surface area (Å²) >= 11 is 1.47. The molecular weight excluding hydrogens is 326 g/mol. The fraction of sp³-hybridized carbons (Fsp3) is 0.588. The summed E-state index contributed by atoms with van der Waals surface area (Å²) in [6.07, 6.45) is 5.30. The number of nitrogens with one attached hydrogen (secondary N) is 1. The number of likely N-dealkylation sites (tertiary alicyclic amines) is 1. The van der Waals surface area contributed by atoms with Gasteiger partial charge in [0.25, 0.3) is 5.91 Å². The lowest BCUT2D eigenvalue weighted by molar-refractivity contribution is -0.128. The Morgan fingerprint density at radius 2 is 2.04 bits per heavy atom. The fourth-order valence-electron chi connectivity index (χ4n) is 3.56. The summed E-state index contributed by atoms with van der Waals surface area (Å²) in [4.78, 5) is 39.1. The van der Waals surface area contributed by atoms with Crippen LogP contribution in [0.25, 0.3) is 0 Å². The molecule has 1 aliphatic heterocycles. The van der Waals surface area contributed by atoms with E-state index in [9.17, 15) is 14.4 Å². The summed E-state index contributed by atoms with van der Waals surface area (Å²) in [7, 11) is 0. The van der Waals surface area contributed by atoms with E-state index in [0.29, 0.717) is 23.7 Å². The van der Waals surface area contributed by atoms with Crippen LogP contribution < -0.4 is 11.1 Å². The van der Waals surface area contributed by atoms with Crippen LogP contribution in [-0.2, 0) is 22.4 Å². The Kier molecular flexibility index (Phi) is 4.89. The summed E-state index contributed by atoms with van der Waals surface area (Å²) in [6.45, 7) is 2.96. The maximum Gasteiger partial charge on any atom is 0.251 e. The highest BCUT2D eigenvalue weighted by molar-refractivity contribution is 7.17. The number of amides is 3. The molecule has 3 N–H and O–H groups in total. The number of carbonyl (C=O) groups excluding carboxylic acids is 3. The van der Waals surface area contributed by atoms with Crippen LogP contribution in [0.2, 0.25) is 0 Å². The predicted octanol–water partition coefficient (Wildman–Crippen LogP) is 1.92. The molecule has 1 unspecified atom stereocenters. The number of primary amides is 1. The molecular formula is C17H23N3O3S. The molecule has 0 saturated carbocycles. The van der Waals surface area contributed by atoms with E-state index in [2.05, 4.69) is 5.32 Å². The number of thiophene rings is 1. The molecule has 1 fully saturated rings. The minimum Gasteiger partial charge on any atom is -0.365 e. The zero-order valence-electron chi connectivity index (χ0n) is 13.9. The van der Waals surface area contributed by atoms with Crippen LogP contribution >= 0.6 is 11.3 Å². The number of aryl methyl sites for hydroxylation is 1. The van der Waals surface area contributed by atoms with Crippen LogP contribution in [-0.4, -0.2) is 35.7 Å². The van der Waals surface area contributed by atoms with Crippen molar-refractivity contribution in [1.29, 1.82) is 0 Å². The van der Waals surface area contributed by atoms with Gasteiger partial charge in [-0.15, -0.1) is 11.3 Å². The van der Waals surface area contributed by atoms with Crippen molar-refractivity contribution in [2.24, 2.45) is 11.7 Å². The molecule has 130 valence electrons. The standard InChI is InChI=1S/C17H23N3O3S/c1-2-20-9-10(8-13(20)21)16(23)19-17-14(15(18)22)11-6-4-3-5-7-12(11)24-17/h10H,2-9H2,1H3,(H2,18,22)(H,19,23). The predicted molar refractivity (Wildman–Crippen MR) is 93.1 cm³/mol. The summed E-state index contributed by atoms with van der Waals surface area (Å²) in [5, 5.41) is 3.43. The molecule has 3 amide bonds. The largest absolute Gasteiger partial charge is 0.365 e. The van der Waals surface area contributed by atoms with Crippen molar-refractivity contribution in [1.82, 2.24) is 4.90 Å². The molecule has 0 radical (unpaired) electrons. The van der Waals surface area contributed by atoms with Crippen molar-refractivity contribution in [2.75, 3.05) is 18.4 Å². The summed E-state index contributed by atoms with van der Waals surface area (Å²) in [5.74, 6) is -1.03. The van der Waals surface area contributed by atoms with Crippen LogP contribution in [0, 0.1) is 5.92 Å². The van der Waals surface area contributed by atoms with Crippen molar-refractivity contribution in [2.45, 2.75) is 45.4 Å². The summed E-state index contributed by atoms with van der Waals surface area (Å²) < 4.78 is 0. The molecule has 0 bridgehead atoms. The van der Waals surface area contributed by atoms with Gasteiger partial charge in [0.05, 0.1) is 11.5 Å². The first-order chi connectivity index (χ1) is 11.5. The molecule has 1 aromatic rings. The number of hydrogen-bond acceptors (Lipinski definition) is 4. The summed E-state index contributed by atoms with van der Waals surface area (Å²) in [5.41, 5.74) is 7.07. The van der Waals surface area contributed by atoms with Crippen LogP contribution in [0.3, 0.4) is 0 Å². The van der Waals surface area contributed by atoms with Crippen molar-refractivity contribution >= 4 is 34.1 Å². The van der Waals surface area contributed by atoms with Gasteiger partial charge in [-0.3, -0.25) is 14.4 Å². The van der Waals surface area contributed by atoms with E-state index >= 15 is 0 Å². The average molecular weight is 349 g/mol. The first-order valence-electron chi connectivity index (χ1n) is 8.54. The maximum absolute atomic E-state index is 12.5. The van der Waals surface area contributed by atoms with E-state index in [1.807, 2.05) is 6.92 Å². The highest BCUT2D eigenvalue weighted by atomic mass is 32.1. The number of rotatable bonds is 4. The van der Waals surface area contributed by atoms with E-state index < -0.39 is 5.91 Å². The average Bonchev–Trinajstić information content (AvgIpc) is 2.99. The Bertz CT molecular complexity index is 683. The van der Waals surface area contributed by atoms with Gasteiger partial charge < -0.3 is 16.0 Å². The van der Waals surface area contributed by atoms with Gasteiger partial charge in [-0.1, -0.05) is 6.42 Å². The molecule has 1 aliphatic carbocycles. The minimum absolute atomic E-state index is 0.00902. The van der Waals surface area contributed by atoms with Gasteiger partial charge in [0.15, 0.2) is 0 Å². The lowest BCUT2D eigenvalue weighted by Crippen LogP contribution is -2.28. The van der Waals surface area contributed by atoms with E-state index in [4.69, 9.17) is 5.73 Å². The number of nitrogens with zero attached hydrogens (tertiary/aromatic N) is 1. The molecule has 1 atom stereocenters. The first kappa shape index (κ1) is 17.0. The first-order valence-corrected chi connectivity index (χ1v) is 9.35. The van der Waals surface area contributed by atoms with Gasteiger partial charge in [0, 0.05) is 24.4 Å². The van der Waals surface area contributed by atoms with Crippen LogP contribution in [0.1, 0.15) is 53.4 Å². The molecule has 24 heavy (non-hydrogen) atoms. The second-order valence-corrected chi connectivity index (χ2v) is 7.56. The summed E-state index contributed by atoms with van der Waals surface area (Å²) in [6, 6.07) is 0. The van der Waals surface area contributed by atoms with Crippen molar-refractivity contribution in [3.63, 3.8) is 0 Å². The minimum atomic E-state index is -0.484. The lowest BCUT2D eigenvalue weighted by Gasteiger charge is -2.13. The second kappa shape index (κ2) is 6.93. The third-order valence-electron chi connectivity index (χ3n) is 4.87. The zero-order valence-corrected chi connectivity index (χ0v) is 14.7. The van der Waals surface area contributed by atoms with Gasteiger partial charge in [-0.05, 0) is 38.2 Å². The quantitative estimate of drug-likeness (QED) is 0.814. The number of fused-ring (bicyclic) bond motifs is 1. The molecule has 1 saturated heterocycles. The molecule has 1 aromatic heterocycles. The van der Waals surface area contributed by atoms with Crippen molar-refractivity contribution in [3.05, 3.63) is 16.0 Å². The SMILES string of the molecule is CCN1CC(C(=O)Nc2sc3c(c2C(N)=O)CCCCC3)CC1=O. The van der Waals surface area contributed by atoms with Gasteiger partial charge in [0.2, 0.25) is 11.8 Å². The smallest absolute Gasteiger partial charge is 0.251 e. The Balaban J connectivity index is 1.81. The zero-order chi connectivity index (χ0) is 17.3. The number of carbonyl (C=O) groups is 3. The normalized spacial score (nSPS) is 20.6. The Morgan fingerprint density at radius 1 is 1.29 bits per heavy atom. The van der Waals surface area contributed by atoms with Gasteiger partial charge >= 0.3 is 0 Å². The van der Waals surface area contributed by atoms with Crippen molar-refractivity contribution < 1.29 is 14.4 Å². The van der Waals surface area contributed by atoms with Gasteiger partial charge in [-0.2, -0.15) is 0 Å². The lowest BCUT2D eigenvalue weighted by atomic mass is 10.0. The van der Waals surface area contributed by atoms with Gasteiger partial charge in [-0.25, -0.2) is 0 Å². The topological polar surface area (TPSA) is 92.5 Å². The fourth-order valence-corrected chi connectivity index (χ4v) is 4.86. The maximum atomic E-state index is 12.5. The van der Waals surface area contributed by atoms with Crippen LogP contribution in [0.15, 0.2) is 0 Å². The van der Waals surface area contributed by atoms with Crippen LogP contribution in [0.5, 0.6) is 0 Å². The monoisotopic (exact) mass is 349 g/mol. The third-order valence-corrected chi connectivity index (χ3v) is 6.08. The van der Waals surface area contributed by atoms with Crippen LogP contribution in [0.4, 0.5) is 5.00 Å². The Hall–Kier alpha value is -1.89. The van der Waals surface area contributed by atoms with Crippen molar-refractivity contribution in [3.8, 4) is 0 Å². The number of hydrogen-bond donors (Lipinski definition) is 2. The van der Waals surface area contributed by atoms with E-state index in [-0.39, 0.29) is 24.2 Å². The third kappa shape index (κ3) is 3.17. The number of anilines is 1.